The molecule has 0 radical (unpaired) electrons. The van der Waals surface area contributed by atoms with Crippen LogP contribution in [-0.2, 0) is 11.8 Å². The number of anilines is 3. The van der Waals surface area contributed by atoms with Crippen LogP contribution in [0.4, 0.5) is 17.1 Å². The van der Waals surface area contributed by atoms with Crippen molar-refractivity contribution in [3.05, 3.63) is 57.6 Å². The SMILES string of the molecule is CCNC(=O)C(C)Nc1cc(=O)n(C)c2c(Nc3ccnc(Cl)c3C#N)cccc12. The van der Waals surface area contributed by atoms with Crippen molar-refractivity contribution in [1.82, 2.24) is 14.9 Å². The highest BCUT2D eigenvalue weighted by molar-refractivity contribution is 6.31. The van der Waals surface area contributed by atoms with Crippen LogP contribution in [0.25, 0.3) is 10.9 Å². The summed E-state index contributed by atoms with van der Waals surface area (Å²) >= 11 is 6.03. The van der Waals surface area contributed by atoms with Gasteiger partial charge in [0.25, 0.3) is 5.56 Å². The Balaban J connectivity index is 2.12. The van der Waals surface area contributed by atoms with Gasteiger partial charge in [0.2, 0.25) is 5.91 Å². The second kappa shape index (κ2) is 8.84. The molecule has 8 nitrogen and oxygen atoms in total. The quantitative estimate of drug-likeness (QED) is 0.524. The number of benzene rings is 1. The largest absolute Gasteiger partial charge is 0.373 e. The zero-order valence-corrected chi connectivity index (χ0v) is 17.5. The van der Waals surface area contributed by atoms with E-state index >= 15 is 0 Å². The van der Waals surface area contributed by atoms with Gasteiger partial charge >= 0.3 is 0 Å². The molecule has 154 valence electrons. The number of likely N-dealkylation sites (N-methyl/N-ethyl adjacent to an activating group) is 1. The molecule has 9 heteroatoms. The van der Waals surface area contributed by atoms with Gasteiger partial charge in [0.1, 0.15) is 22.8 Å². The van der Waals surface area contributed by atoms with E-state index in [-0.39, 0.29) is 22.2 Å². The average Bonchev–Trinajstić information content (AvgIpc) is 2.72. The van der Waals surface area contributed by atoms with Gasteiger partial charge in [-0.3, -0.25) is 9.59 Å². The van der Waals surface area contributed by atoms with Gasteiger partial charge in [-0.05, 0) is 26.0 Å². The molecule has 1 atom stereocenters. The number of amides is 1. The van der Waals surface area contributed by atoms with Crippen molar-refractivity contribution in [2.45, 2.75) is 19.9 Å². The number of pyridine rings is 2. The van der Waals surface area contributed by atoms with Crippen molar-refractivity contribution < 1.29 is 4.79 Å². The normalized spacial score (nSPS) is 11.6. The highest BCUT2D eigenvalue weighted by Gasteiger charge is 2.17. The minimum Gasteiger partial charge on any atom is -0.373 e. The number of para-hydroxylation sites is 1. The van der Waals surface area contributed by atoms with E-state index in [1.54, 1.807) is 26.1 Å². The number of aromatic nitrogens is 2. The van der Waals surface area contributed by atoms with Gasteiger partial charge in [-0.1, -0.05) is 23.7 Å². The predicted octanol–water partition coefficient (Wildman–Crippen LogP) is 3.14. The highest BCUT2D eigenvalue weighted by atomic mass is 35.5. The number of aryl methyl sites for hydroxylation is 1. The average molecular weight is 425 g/mol. The van der Waals surface area contributed by atoms with Gasteiger partial charge in [0.05, 0.1) is 16.9 Å². The summed E-state index contributed by atoms with van der Waals surface area (Å²) in [5.41, 5.74) is 2.22. The summed E-state index contributed by atoms with van der Waals surface area (Å²) in [4.78, 5) is 28.7. The monoisotopic (exact) mass is 424 g/mol. The molecular weight excluding hydrogens is 404 g/mol. The summed E-state index contributed by atoms with van der Waals surface area (Å²) in [6.45, 7) is 4.09. The Morgan fingerprint density at radius 3 is 2.77 bits per heavy atom. The molecule has 1 unspecified atom stereocenters. The lowest BCUT2D eigenvalue weighted by Crippen LogP contribution is -2.37. The summed E-state index contributed by atoms with van der Waals surface area (Å²) in [7, 11) is 1.66. The van der Waals surface area contributed by atoms with Crippen LogP contribution in [-0.4, -0.2) is 28.0 Å². The number of fused-ring (bicyclic) bond motifs is 1. The molecule has 3 aromatic rings. The molecule has 2 aromatic heterocycles. The molecule has 0 aliphatic carbocycles. The molecule has 3 rings (SSSR count). The molecule has 0 saturated heterocycles. The van der Waals surface area contributed by atoms with Gasteiger partial charge in [-0.2, -0.15) is 5.26 Å². The Morgan fingerprint density at radius 2 is 2.07 bits per heavy atom. The van der Waals surface area contributed by atoms with Crippen molar-refractivity contribution in [1.29, 1.82) is 5.26 Å². The van der Waals surface area contributed by atoms with Gasteiger partial charge in [-0.25, -0.2) is 4.98 Å². The van der Waals surface area contributed by atoms with E-state index < -0.39 is 6.04 Å². The first-order valence-electron chi connectivity index (χ1n) is 9.36. The molecule has 0 bridgehead atoms. The van der Waals surface area contributed by atoms with Crippen LogP contribution >= 0.6 is 11.6 Å². The summed E-state index contributed by atoms with van der Waals surface area (Å²) in [5, 5.41) is 19.3. The van der Waals surface area contributed by atoms with Crippen LogP contribution < -0.4 is 21.5 Å². The fourth-order valence-corrected chi connectivity index (χ4v) is 3.37. The molecule has 1 amide bonds. The number of nitrogens with zero attached hydrogens (tertiary/aromatic N) is 3. The molecule has 0 saturated carbocycles. The topological polar surface area (TPSA) is 112 Å². The zero-order chi connectivity index (χ0) is 21.8. The minimum absolute atomic E-state index is 0.0924. The van der Waals surface area contributed by atoms with Crippen LogP contribution in [0.5, 0.6) is 0 Å². The number of hydrogen-bond acceptors (Lipinski definition) is 6. The maximum atomic E-state index is 12.6. The molecule has 1 aromatic carbocycles. The van der Waals surface area contributed by atoms with Crippen molar-refractivity contribution in [3.8, 4) is 6.07 Å². The first kappa shape index (κ1) is 21.1. The van der Waals surface area contributed by atoms with E-state index in [9.17, 15) is 14.9 Å². The number of hydrogen-bond donors (Lipinski definition) is 3. The van der Waals surface area contributed by atoms with E-state index in [4.69, 9.17) is 11.6 Å². The summed E-state index contributed by atoms with van der Waals surface area (Å²) in [5.74, 6) is -0.161. The smallest absolute Gasteiger partial charge is 0.252 e. The fourth-order valence-electron chi connectivity index (χ4n) is 3.17. The first-order valence-corrected chi connectivity index (χ1v) is 9.73. The van der Waals surface area contributed by atoms with Crippen LogP contribution in [0.1, 0.15) is 19.4 Å². The van der Waals surface area contributed by atoms with Gasteiger partial charge in [0, 0.05) is 36.9 Å². The third kappa shape index (κ3) is 4.07. The van der Waals surface area contributed by atoms with E-state index in [2.05, 4.69) is 20.9 Å². The minimum atomic E-state index is -0.527. The molecule has 0 aliphatic rings. The molecule has 30 heavy (non-hydrogen) atoms. The summed E-state index contributed by atoms with van der Waals surface area (Å²) < 4.78 is 1.51. The third-order valence-corrected chi connectivity index (χ3v) is 4.95. The maximum absolute atomic E-state index is 12.6. The van der Waals surface area contributed by atoms with E-state index in [1.165, 1.54) is 16.8 Å². The van der Waals surface area contributed by atoms with Crippen LogP contribution in [0, 0.1) is 11.3 Å². The molecular formula is C21H21ClN6O2. The predicted molar refractivity (Wildman–Crippen MR) is 118 cm³/mol. The molecule has 2 heterocycles. The van der Waals surface area contributed by atoms with Crippen LogP contribution in [0.2, 0.25) is 5.15 Å². The number of carbonyl (C=O) groups is 1. The lowest BCUT2D eigenvalue weighted by atomic mass is 10.1. The van der Waals surface area contributed by atoms with Gasteiger partial charge in [-0.15, -0.1) is 0 Å². The maximum Gasteiger partial charge on any atom is 0.252 e. The van der Waals surface area contributed by atoms with Gasteiger partial charge < -0.3 is 20.5 Å². The Hall–Kier alpha value is -3.57. The number of rotatable bonds is 6. The molecule has 0 aliphatic heterocycles. The summed E-state index contributed by atoms with van der Waals surface area (Å²) in [6, 6.07) is 10.1. The van der Waals surface area contributed by atoms with Crippen LogP contribution in [0.15, 0.2) is 41.3 Å². The Labute approximate surface area is 178 Å². The zero-order valence-electron chi connectivity index (χ0n) is 16.8. The fraction of sp³-hybridized carbons (Fsp3) is 0.238. The van der Waals surface area contributed by atoms with E-state index in [1.807, 2.05) is 25.1 Å². The Bertz CT molecular complexity index is 1210. The van der Waals surface area contributed by atoms with Crippen LogP contribution in [0.3, 0.4) is 0 Å². The van der Waals surface area contributed by atoms with Crippen molar-refractivity contribution in [3.63, 3.8) is 0 Å². The van der Waals surface area contributed by atoms with Crippen molar-refractivity contribution in [2.24, 2.45) is 7.05 Å². The number of carbonyl (C=O) groups excluding carboxylic acids is 1. The second-order valence-corrected chi connectivity index (χ2v) is 7.04. The second-order valence-electron chi connectivity index (χ2n) is 6.68. The standard InChI is InChI=1S/C21H21ClN6O2/c1-4-24-21(30)12(2)26-17-10-18(29)28(3)19-13(17)6-5-7-16(19)27-15-8-9-25-20(22)14(15)11-23/h5-10,12,26H,4H2,1-3H3,(H,24,30)(H,25,27). The highest BCUT2D eigenvalue weighted by Crippen LogP contribution is 2.31. The van der Waals surface area contributed by atoms with E-state index in [0.717, 1.165) is 5.39 Å². The third-order valence-electron chi connectivity index (χ3n) is 4.66. The van der Waals surface area contributed by atoms with Crippen molar-refractivity contribution >= 4 is 45.5 Å². The number of nitrogens with one attached hydrogen (secondary N) is 3. The Morgan fingerprint density at radius 1 is 1.30 bits per heavy atom. The number of nitriles is 1. The summed E-state index contributed by atoms with van der Waals surface area (Å²) in [6.07, 6.45) is 1.50. The molecule has 0 fully saturated rings. The lowest BCUT2D eigenvalue weighted by Gasteiger charge is -2.19. The van der Waals surface area contributed by atoms with Gasteiger partial charge in [0.15, 0.2) is 0 Å². The van der Waals surface area contributed by atoms with E-state index in [0.29, 0.717) is 29.1 Å². The van der Waals surface area contributed by atoms with Crippen molar-refractivity contribution in [2.75, 3.05) is 17.2 Å². The molecule has 3 N–H and O–H groups in total. The first-order chi connectivity index (χ1) is 14.4. The Kier molecular flexibility index (Phi) is 6.23. The number of halogens is 1. The lowest BCUT2D eigenvalue weighted by molar-refractivity contribution is -0.121. The molecule has 0 spiro atoms.